The average molecular weight is 256 g/mol. The summed E-state index contributed by atoms with van der Waals surface area (Å²) in [6.45, 7) is 3.28. The van der Waals surface area contributed by atoms with Crippen LogP contribution in [0.4, 0.5) is 10.1 Å². The summed E-state index contributed by atoms with van der Waals surface area (Å²) in [6.07, 6.45) is 0. The van der Waals surface area contributed by atoms with Gasteiger partial charge in [-0.25, -0.2) is 4.39 Å². The van der Waals surface area contributed by atoms with Crippen LogP contribution in [0.2, 0.25) is 0 Å². The Hall–Kier alpha value is -1.87. The highest BCUT2D eigenvalue weighted by Gasteiger charge is 2.30. The van der Waals surface area contributed by atoms with Crippen LogP contribution in [0.1, 0.15) is 22.7 Å². The molecular weight excluding hydrogens is 239 g/mol. The maximum atomic E-state index is 14.0. The van der Waals surface area contributed by atoms with Crippen molar-refractivity contribution in [3.63, 3.8) is 0 Å². The van der Waals surface area contributed by atoms with Crippen molar-refractivity contribution >= 4 is 5.69 Å². The molecule has 0 aliphatic carbocycles. The highest BCUT2D eigenvalue weighted by Crippen LogP contribution is 2.38. The highest BCUT2D eigenvalue weighted by molar-refractivity contribution is 5.56. The number of halogens is 1. The van der Waals surface area contributed by atoms with Gasteiger partial charge in [0.2, 0.25) is 0 Å². The number of benzene rings is 2. The van der Waals surface area contributed by atoms with Crippen molar-refractivity contribution in [2.45, 2.75) is 19.5 Å². The van der Waals surface area contributed by atoms with E-state index in [1.807, 2.05) is 12.1 Å². The third kappa shape index (κ3) is 2.00. The molecule has 19 heavy (non-hydrogen) atoms. The molecule has 0 radical (unpaired) electrons. The molecule has 1 heterocycles. The van der Waals surface area contributed by atoms with Crippen LogP contribution < -0.4 is 10.6 Å². The molecule has 3 heteroatoms. The molecular formula is C16H17FN2. The van der Waals surface area contributed by atoms with Gasteiger partial charge in [-0.2, -0.15) is 0 Å². The molecule has 2 N–H and O–H groups in total. The van der Waals surface area contributed by atoms with Crippen molar-refractivity contribution in [3.05, 3.63) is 65.0 Å². The smallest absolute Gasteiger partial charge is 0.146 e. The third-order valence-corrected chi connectivity index (χ3v) is 3.76. The largest absolute Gasteiger partial charge is 0.356 e. The number of hydrogen-bond acceptors (Lipinski definition) is 2. The van der Waals surface area contributed by atoms with Gasteiger partial charge in [0.1, 0.15) is 5.82 Å². The van der Waals surface area contributed by atoms with Crippen LogP contribution in [0.5, 0.6) is 0 Å². The fourth-order valence-corrected chi connectivity index (χ4v) is 2.82. The summed E-state index contributed by atoms with van der Waals surface area (Å²) in [5, 5.41) is 0. The minimum absolute atomic E-state index is 0.0619. The van der Waals surface area contributed by atoms with Gasteiger partial charge in [0.25, 0.3) is 0 Å². The Morgan fingerprint density at radius 3 is 2.79 bits per heavy atom. The van der Waals surface area contributed by atoms with Crippen molar-refractivity contribution < 1.29 is 4.39 Å². The molecule has 0 aromatic heterocycles. The highest BCUT2D eigenvalue weighted by atomic mass is 19.1. The number of hydrogen-bond donors (Lipinski definition) is 1. The van der Waals surface area contributed by atoms with Crippen LogP contribution in [0, 0.1) is 12.7 Å². The van der Waals surface area contributed by atoms with Crippen molar-refractivity contribution in [1.29, 1.82) is 0 Å². The van der Waals surface area contributed by atoms with Crippen LogP contribution in [-0.2, 0) is 6.54 Å². The zero-order valence-electron chi connectivity index (χ0n) is 10.9. The van der Waals surface area contributed by atoms with Gasteiger partial charge in [-0.05, 0) is 30.2 Å². The lowest BCUT2D eigenvalue weighted by atomic mass is 10.0. The summed E-state index contributed by atoms with van der Waals surface area (Å²) in [5.74, 6) is -0.189. The molecule has 1 unspecified atom stereocenters. The Kier molecular flexibility index (Phi) is 2.99. The van der Waals surface area contributed by atoms with Crippen molar-refractivity contribution in [2.24, 2.45) is 5.73 Å². The topological polar surface area (TPSA) is 29.3 Å². The Labute approximate surface area is 112 Å². The molecule has 0 spiro atoms. The van der Waals surface area contributed by atoms with Gasteiger partial charge < -0.3 is 10.6 Å². The number of para-hydroxylation sites is 1. The number of aryl methyl sites for hydroxylation is 1. The van der Waals surface area contributed by atoms with Gasteiger partial charge in [0.05, 0.1) is 11.7 Å². The van der Waals surface area contributed by atoms with Crippen molar-refractivity contribution in [1.82, 2.24) is 0 Å². The van der Waals surface area contributed by atoms with Gasteiger partial charge in [-0.15, -0.1) is 0 Å². The quantitative estimate of drug-likeness (QED) is 0.894. The van der Waals surface area contributed by atoms with Gasteiger partial charge in [0.15, 0.2) is 0 Å². The summed E-state index contributed by atoms with van der Waals surface area (Å²) in [6, 6.07) is 13.3. The lowest BCUT2D eigenvalue weighted by Gasteiger charge is -2.26. The molecule has 3 rings (SSSR count). The zero-order valence-corrected chi connectivity index (χ0v) is 10.9. The standard InChI is InChI=1S/C16H17FN2/c1-11-6-7-12-10-19(16(9-18)13(12)8-11)15-5-3-2-4-14(15)17/h2-8,16H,9-10,18H2,1H3. The molecule has 0 fully saturated rings. The van der Waals surface area contributed by atoms with Crippen LogP contribution >= 0.6 is 0 Å². The van der Waals surface area contributed by atoms with Crippen molar-refractivity contribution in [3.8, 4) is 0 Å². The molecule has 2 nitrogen and oxygen atoms in total. The summed E-state index contributed by atoms with van der Waals surface area (Å²) in [5.41, 5.74) is 10.2. The minimum Gasteiger partial charge on any atom is -0.356 e. The fraction of sp³-hybridized carbons (Fsp3) is 0.250. The number of nitrogens with two attached hydrogens (primary N) is 1. The van der Waals surface area contributed by atoms with Gasteiger partial charge in [-0.1, -0.05) is 35.9 Å². The molecule has 2 aromatic carbocycles. The summed E-state index contributed by atoms with van der Waals surface area (Å²) in [4.78, 5) is 2.05. The Morgan fingerprint density at radius 2 is 2.05 bits per heavy atom. The van der Waals surface area contributed by atoms with E-state index < -0.39 is 0 Å². The SMILES string of the molecule is Cc1ccc2c(c1)C(CN)N(c1ccccc1F)C2. The normalized spacial score (nSPS) is 17.6. The third-order valence-electron chi connectivity index (χ3n) is 3.76. The van der Waals surface area contributed by atoms with E-state index >= 15 is 0 Å². The first-order valence-electron chi connectivity index (χ1n) is 6.51. The van der Waals surface area contributed by atoms with E-state index in [-0.39, 0.29) is 11.9 Å². The predicted molar refractivity (Wildman–Crippen MR) is 75.6 cm³/mol. The van der Waals surface area contributed by atoms with E-state index in [0.29, 0.717) is 12.2 Å². The maximum absolute atomic E-state index is 14.0. The molecule has 1 aliphatic rings. The Morgan fingerprint density at radius 1 is 1.26 bits per heavy atom. The summed E-state index contributed by atoms with van der Waals surface area (Å²) >= 11 is 0. The molecule has 98 valence electrons. The van der Waals surface area contributed by atoms with Gasteiger partial charge >= 0.3 is 0 Å². The molecule has 0 saturated carbocycles. The van der Waals surface area contributed by atoms with E-state index in [1.54, 1.807) is 6.07 Å². The minimum atomic E-state index is -0.189. The zero-order chi connectivity index (χ0) is 13.4. The van der Waals surface area contributed by atoms with Crippen LogP contribution in [-0.4, -0.2) is 6.54 Å². The number of anilines is 1. The lowest BCUT2D eigenvalue weighted by molar-refractivity contribution is 0.600. The maximum Gasteiger partial charge on any atom is 0.146 e. The summed E-state index contributed by atoms with van der Waals surface area (Å²) < 4.78 is 14.0. The second kappa shape index (κ2) is 4.67. The van der Waals surface area contributed by atoms with E-state index in [9.17, 15) is 4.39 Å². The fourth-order valence-electron chi connectivity index (χ4n) is 2.82. The van der Waals surface area contributed by atoms with Crippen molar-refractivity contribution in [2.75, 3.05) is 11.4 Å². The molecule has 0 saturated heterocycles. The molecule has 0 bridgehead atoms. The van der Waals surface area contributed by atoms with Crippen LogP contribution in [0.15, 0.2) is 42.5 Å². The summed E-state index contributed by atoms with van der Waals surface area (Å²) in [7, 11) is 0. The van der Waals surface area contributed by atoms with E-state index in [2.05, 4.69) is 30.0 Å². The Bertz CT molecular complexity index is 609. The first kappa shape index (κ1) is 12.2. The monoisotopic (exact) mass is 256 g/mol. The molecule has 1 aliphatic heterocycles. The van der Waals surface area contributed by atoms with Gasteiger partial charge in [0, 0.05) is 13.1 Å². The molecule has 0 amide bonds. The lowest BCUT2D eigenvalue weighted by Crippen LogP contribution is -2.28. The second-order valence-corrected chi connectivity index (χ2v) is 5.03. The molecule has 2 aromatic rings. The van der Waals surface area contributed by atoms with Gasteiger partial charge in [-0.3, -0.25) is 0 Å². The van der Waals surface area contributed by atoms with E-state index in [4.69, 9.17) is 5.73 Å². The number of fused-ring (bicyclic) bond motifs is 1. The predicted octanol–water partition coefficient (Wildman–Crippen LogP) is 3.15. The average Bonchev–Trinajstić information content (AvgIpc) is 2.76. The number of nitrogens with zero attached hydrogens (tertiary/aromatic N) is 1. The first-order valence-corrected chi connectivity index (χ1v) is 6.51. The number of rotatable bonds is 2. The molecule has 1 atom stereocenters. The Balaban J connectivity index is 2.05. The van der Waals surface area contributed by atoms with E-state index in [0.717, 1.165) is 6.54 Å². The van der Waals surface area contributed by atoms with Crippen LogP contribution in [0.3, 0.4) is 0 Å². The van der Waals surface area contributed by atoms with E-state index in [1.165, 1.54) is 22.8 Å². The van der Waals surface area contributed by atoms with Crippen LogP contribution in [0.25, 0.3) is 0 Å². The first-order chi connectivity index (χ1) is 9.20. The second-order valence-electron chi connectivity index (χ2n) is 5.03.